The van der Waals surface area contributed by atoms with Crippen LogP contribution in [0.4, 0.5) is 0 Å². The number of unbranched alkanes of at least 4 members (excludes halogenated alkanes) is 5. The fraction of sp³-hybridized carbons (Fsp3) is 0.550. The van der Waals surface area contributed by atoms with Crippen LogP contribution in [0.2, 0.25) is 0 Å². The first-order valence-electron chi connectivity index (χ1n) is 9.25. The molecule has 1 atom stereocenters. The number of benzene rings is 1. The Morgan fingerprint density at radius 2 is 1.76 bits per heavy atom. The number of hydrogen-bond donors (Lipinski definition) is 0. The highest BCUT2D eigenvalue weighted by atomic mass is 32.2. The number of nitrogens with zero attached hydrogens (tertiary/aromatic N) is 1. The van der Waals surface area contributed by atoms with Crippen molar-refractivity contribution in [1.29, 1.82) is 0 Å². The van der Waals surface area contributed by atoms with Crippen LogP contribution < -0.4 is 0 Å². The van der Waals surface area contributed by atoms with Crippen LogP contribution in [-0.2, 0) is 19.3 Å². The number of rotatable bonds is 9. The molecule has 1 aromatic carbocycles. The van der Waals surface area contributed by atoms with Crippen molar-refractivity contribution >= 4 is 21.3 Å². The van der Waals surface area contributed by atoms with Gasteiger partial charge in [0.2, 0.25) is 0 Å². The zero-order chi connectivity index (χ0) is 18.3. The van der Waals surface area contributed by atoms with Crippen molar-refractivity contribution in [3.63, 3.8) is 0 Å². The molecule has 0 aromatic heterocycles. The second-order valence-corrected chi connectivity index (χ2v) is 8.69. The molecule has 0 radical (unpaired) electrons. The molecule has 0 fully saturated rings. The summed E-state index contributed by atoms with van der Waals surface area (Å²) in [5, 5.41) is 0. The monoisotopic (exact) mass is 363 g/mol. The number of allylic oxidation sites excluding steroid dienone is 1. The van der Waals surface area contributed by atoms with E-state index in [9.17, 15) is 9.00 Å². The van der Waals surface area contributed by atoms with Crippen LogP contribution in [0.3, 0.4) is 0 Å². The average molecular weight is 364 g/mol. The largest absolute Gasteiger partial charge is 0.462 e. The molecule has 1 aromatic rings. The second-order valence-electron chi connectivity index (χ2n) is 6.38. The van der Waals surface area contributed by atoms with Gasteiger partial charge in [-0.15, -0.1) is 0 Å². The summed E-state index contributed by atoms with van der Waals surface area (Å²) in [6.07, 6.45) is 6.85. The summed E-state index contributed by atoms with van der Waals surface area (Å²) in [7, 11) is -2.51. The Balaban J connectivity index is 2.25. The van der Waals surface area contributed by atoms with Crippen molar-refractivity contribution in [2.24, 2.45) is 4.36 Å². The summed E-state index contributed by atoms with van der Waals surface area (Å²) in [4.78, 5) is 13.0. The lowest BCUT2D eigenvalue weighted by molar-refractivity contribution is -0.136. The molecule has 2 rings (SSSR count). The Labute approximate surface area is 151 Å². The zero-order valence-corrected chi connectivity index (χ0v) is 16.4. The third-order valence-electron chi connectivity index (χ3n) is 4.40. The molecule has 4 nitrogen and oxygen atoms in total. The van der Waals surface area contributed by atoms with E-state index in [2.05, 4.69) is 11.3 Å². The lowest BCUT2D eigenvalue weighted by Crippen LogP contribution is -2.18. The van der Waals surface area contributed by atoms with Gasteiger partial charge < -0.3 is 4.74 Å². The molecular weight excluding hydrogens is 334 g/mol. The third-order valence-corrected chi connectivity index (χ3v) is 6.85. The average Bonchev–Trinajstić information content (AvgIpc) is 2.58. The van der Waals surface area contributed by atoms with Crippen LogP contribution in [0.1, 0.15) is 64.9 Å². The number of hydrogen-bond acceptors (Lipinski definition) is 4. The van der Waals surface area contributed by atoms with E-state index in [4.69, 9.17) is 4.74 Å². The van der Waals surface area contributed by atoms with Gasteiger partial charge in [0.05, 0.1) is 32.5 Å². The minimum absolute atomic E-state index is 0.310. The molecular formula is C20H29NO3S. The van der Waals surface area contributed by atoms with Crippen molar-refractivity contribution in [2.75, 3.05) is 12.4 Å². The Hall–Kier alpha value is -1.62. The first kappa shape index (κ1) is 19.7. The number of ether oxygens (including phenoxy) is 1. The van der Waals surface area contributed by atoms with E-state index >= 15 is 0 Å². The molecule has 0 saturated heterocycles. The third kappa shape index (κ3) is 4.72. The minimum Gasteiger partial charge on any atom is -0.462 e. The molecule has 5 heteroatoms. The van der Waals surface area contributed by atoms with Crippen LogP contribution in [0.5, 0.6) is 0 Å². The SMILES string of the molecule is CCCCCCCCS1(=O)=NC(C)=C(C(=O)OCC)c2ccccc21. The quantitative estimate of drug-likeness (QED) is 0.448. The van der Waals surface area contributed by atoms with Gasteiger partial charge in [-0.2, -0.15) is 4.36 Å². The Kier molecular flexibility index (Phi) is 7.24. The summed E-state index contributed by atoms with van der Waals surface area (Å²) < 4.78 is 23.1. The molecule has 0 N–H and O–H groups in total. The van der Waals surface area contributed by atoms with Crippen LogP contribution in [0, 0.1) is 0 Å². The Bertz CT molecular complexity index is 758. The van der Waals surface area contributed by atoms with E-state index in [0.29, 0.717) is 34.1 Å². The van der Waals surface area contributed by atoms with Gasteiger partial charge in [0.1, 0.15) is 0 Å². The van der Waals surface area contributed by atoms with Crippen LogP contribution >= 0.6 is 0 Å². The molecule has 0 spiro atoms. The first-order chi connectivity index (χ1) is 12.0. The summed E-state index contributed by atoms with van der Waals surface area (Å²) in [5.74, 6) is 0.154. The highest BCUT2D eigenvalue weighted by Crippen LogP contribution is 2.35. The van der Waals surface area contributed by atoms with Crippen molar-refractivity contribution in [1.82, 2.24) is 0 Å². The van der Waals surface area contributed by atoms with Gasteiger partial charge in [0.25, 0.3) is 0 Å². The van der Waals surface area contributed by atoms with E-state index < -0.39 is 15.7 Å². The van der Waals surface area contributed by atoms with Gasteiger partial charge in [-0.1, -0.05) is 57.2 Å². The van der Waals surface area contributed by atoms with Gasteiger partial charge in [-0.05, 0) is 26.3 Å². The molecule has 1 unspecified atom stereocenters. The lowest BCUT2D eigenvalue weighted by atomic mass is 10.0. The normalized spacial score (nSPS) is 19.3. The number of carbonyl (C=O) groups excluding carboxylic acids is 1. The zero-order valence-electron chi connectivity index (χ0n) is 15.5. The fourth-order valence-corrected chi connectivity index (χ4v) is 5.50. The summed E-state index contributed by atoms with van der Waals surface area (Å²) in [6.45, 7) is 6.04. The van der Waals surface area contributed by atoms with E-state index in [1.165, 1.54) is 25.7 Å². The predicted octanol–water partition coefficient (Wildman–Crippen LogP) is 5.18. The topological polar surface area (TPSA) is 55.7 Å². The molecule has 1 aliphatic rings. The molecule has 0 bridgehead atoms. The van der Waals surface area contributed by atoms with Gasteiger partial charge in [-0.3, -0.25) is 0 Å². The van der Waals surface area contributed by atoms with Crippen molar-refractivity contribution in [2.45, 2.75) is 64.2 Å². The van der Waals surface area contributed by atoms with Crippen molar-refractivity contribution in [3.8, 4) is 0 Å². The molecule has 0 aliphatic carbocycles. The maximum absolute atomic E-state index is 13.5. The maximum atomic E-state index is 13.5. The predicted molar refractivity (Wildman–Crippen MR) is 103 cm³/mol. The van der Waals surface area contributed by atoms with Gasteiger partial charge in [-0.25, -0.2) is 9.00 Å². The molecule has 25 heavy (non-hydrogen) atoms. The molecule has 0 saturated carbocycles. The number of esters is 1. The van der Waals surface area contributed by atoms with Crippen LogP contribution in [0.15, 0.2) is 39.2 Å². The molecule has 1 aliphatic heterocycles. The Morgan fingerprint density at radius 1 is 1.08 bits per heavy atom. The first-order valence-corrected chi connectivity index (χ1v) is 10.9. The Morgan fingerprint density at radius 3 is 2.48 bits per heavy atom. The van der Waals surface area contributed by atoms with E-state index in [0.717, 1.165) is 12.8 Å². The summed E-state index contributed by atoms with van der Waals surface area (Å²) >= 11 is 0. The molecule has 0 amide bonds. The highest BCUT2D eigenvalue weighted by molar-refractivity contribution is 7.93. The number of fused-ring (bicyclic) bond motifs is 1. The van der Waals surface area contributed by atoms with Crippen molar-refractivity contribution < 1.29 is 13.7 Å². The molecule has 1 heterocycles. The van der Waals surface area contributed by atoms with E-state index in [1.807, 2.05) is 24.3 Å². The smallest absolute Gasteiger partial charge is 0.340 e. The van der Waals surface area contributed by atoms with Crippen LogP contribution in [0.25, 0.3) is 5.57 Å². The summed E-state index contributed by atoms with van der Waals surface area (Å²) in [6, 6.07) is 7.41. The minimum atomic E-state index is -2.51. The van der Waals surface area contributed by atoms with E-state index in [1.54, 1.807) is 13.8 Å². The summed E-state index contributed by atoms with van der Waals surface area (Å²) in [5.41, 5.74) is 1.68. The lowest BCUT2D eigenvalue weighted by Gasteiger charge is -2.21. The van der Waals surface area contributed by atoms with Crippen LogP contribution in [-0.4, -0.2) is 22.5 Å². The fourth-order valence-electron chi connectivity index (χ4n) is 3.16. The number of carbonyl (C=O) groups is 1. The molecule has 138 valence electrons. The highest BCUT2D eigenvalue weighted by Gasteiger charge is 2.29. The second kappa shape index (κ2) is 9.18. The van der Waals surface area contributed by atoms with Crippen molar-refractivity contribution in [3.05, 3.63) is 35.5 Å². The van der Waals surface area contributed by atoms with Gasteiger partial charge in [0.15, 0.2) is 0 Å². The standard InChI is InChI=1S/C20H29NO3S/c1-4-6-7-8-9-12-15-25(23)18-14-11-10-13-17(18)19(16(3)21-25)20(22)24-5-2/h10-11,13-14H,4-9,12,15H2,1-3H3. The van der Waals surface area contributed by atoms with Gasteiger partial charge in [0, 0.05) is 11.3 Å². The van der Waals surface area contributed by atoms with E-state index in [-0.39, 0.29) is 0 Å². The van der Waals surface area contributed by atoms with Gasteiger partial charge >= 0.3 is 5.97 Å². The maximum Gasteiger partial charge on any atom is 0.340 e.